The van der Waals surface area contributed by atoms with Crippen LogP contribution in [0.25, 0.3) is 0 Å². The Morgan fingerprint density at radius 3 is 2.05 bits per heavy atom. The number of furan rings is 1. The normalized spacial score (nSPS) is 19.4. The van der Waals surface area contributed by atoms with Gasteiger partial charge in [0.25, 0.3) is 5.91 Å². The molecule has 0 atom stereocenters. The molecule has 3 rings (SSSR count). The summed E-state index contributed by atoms with van der Waals surface area (Å²) in [5, 5.41) is 0. The summed E-state index contributed by atoms with van der Waals surface area (Å²) in [6.07, 6.45) is 3.40. The number of piperidine rings is 1. The Labute approximate surface area is 138 Å². The van der Waals surface area contributed by atoms with E-state index in [0.717, 1.165) is 25.9 Å². The lowest BCUT2D eigenvalue weighted by molar-refractivity contribution is 0.0603. The van der Waals surface area contributed by atoms with Crippen LogP contribution in [0.1, 0.15) is 29.8 Å². The van der Waals surface area contributed by atoms with Crippen LogP contribution in [0.4, 0.5) is 4.79 Å². The molecule has 120 valence electrons. The summed E-state index contributed by atoms with van der Waals surface area (Å²) in [5.41, 5.74) is 0. The Morgan fingerprint density at radius 2 is 1.45 bits per heavy atom. The monoisotopic (exact) mass is 369 g/mol. The number of urea groups is 1. The second-order valence-corrected chi connectivity index (χ2v) is 6.49. The first-order valence-electron chi connectivity index (χ1n) is 7.73. The fraction of sp³-hybridized carbons (Fsp3) is 0.600. The van der Waals surface area contributed by atoms with Crippen molar-refractivity contribution >= 4 is 27.9 Å². The van der Waals surface area contributed by atoms with E-state index in [1.165, 1.54) is 6.42 Å². The van der Waals surface area contributed by atoms with Crippen molar-refractivity contribution in [2.24, 2.45) is 0 Å². The maximum atomic E-state index is 12.4. The van der Waals surface area contributed by atoms with Gasteiger partial charge < -0.3 is 19.1 Å². The Morgan fingerprint density at radius 1 is 0.864 bits per heavy atom. The van der Waals surface area contributed by atoms with Crippen LogP contribution >= 0.6 is 15.9 Å². The molecule has 0 spiro atoms. The van der Waals surface area contributed by atoms with Crippen molar-refractivity contribution in [1.82, 2.24) is 14.7 Å². The van der Waals surface area contributed by atoms with Gasteiger partial charge in [0.05, 0.1) is 0 Å². The van der Waals surface area contributed by atoms with E-state index in [2.05, 4.69) is 15.9 Å². The molecule has 3 amide bonds. The molecular weight excluding hydrogens is 350 g/mol. The van der Waals surface area contributed by atoms with Crippen molar-refractivity contribution < 1.29 is 14.0 Å². The highest BCUT2D eigenvalue weighted by atomic mass is 79.9. The second kappa shape index (κ2) is 6.73. The lowest BCUT2D eigenvalue weighted by atomic mass is 10.1. The quantitative estimate of drug-likeness (QED) is 0.763. The van der Waals surface area contributed by atoms with Crippen molar-refractivity contribution in [3.05, 3.63) is 22.6 Å². The minimum absolute atomic E-state index is 0.115. The first kappa shape index (κ1) is 15.4. The van der Waals surface area contributed by atoms with E-state index in [-0.39, 0.29) is 11.9 Å². The Hall–Kier alpha value is -1.50. The molecule has 2 fully saturated rings. The third kappa shape index (κ3) is 3.29. The minimum Gasteiger partial charge on any atom is -0.444 e. The van der Waals surface area contributed by atoms with Gasteiger partial charge in [-0.3, -0.25) is 4.79 Å². The van der Waals surface area contributed by atoms with Crippen LogP contribution in [0.5, 0.6) is 0 Å². The number of likely N-dealkylation sites (tertiary alicyclic amines) is 1. The first-order valence-corrected chi connectivity index (χ1v) is 8.53. The fourth-order valence-electron chi connectivity index (χ4n) is 2.97. The summed E-state index contributed by atoms with van der Waals surface area (Å²) in [6.45, 7) is 4.00. The van der Waals surface area contributed by atoms with Crippen LogP contribution in [0, 0.1) is 0 Å². The van der Waals surface area contributed by atoms with Crippen molar-refractivity contribution in [1.29, 1.82) is 0 Å². The van der Waals surface area contributed by atoms with Crippen LogP contribution in [0.3, 0.4) is 0 Å². The third-order valence-corrected chi connectivity index (χ3v) is 4.67. The van der Waals surface area contributed by atoms with Gasteiger partial charge >= 0.3 is 6.03 Å². The minimum atomic E-state index is -0.115. The Balaban J connectivity index is 1.53. The zero-order chi connectivity index (χ0) is 15.5. The average molecular weight is 370 g/mol. The molecule has 7 heteroatoms. The molecule has 1 aromatic rings. The fourth-order valence-corrected chi connectivity index (χ4v) is 3.28. The number of piperazine rings is 1. The molecule has 2 aliphatic heterocycles. The van der Waals surface area contributed by atoms with Gasteiger partial charge in [-0.1, -0.05) is 0 Å². The molecule has 2 saturated heterocycles. The molecule has 1 aromatic heterocycles. The zero-order valence-electron chi connectivity index (χ0n) is 12.5. The van der Waals surface area contributed by atoms with Crippen LogP contribution in [-0.4, -0.2) is 65.9 Å². The molecular formula is C15H20BrN3O3. The molecule has 0 aliphatic carbocycles. The smallest absolute Gasteiger partial charge is 0.320 e. The summed E-state index contributed by atoms with van der Waals surface area (Å²) >= 11 is 3.20. The van der Waals surface area contributed by atoms with Gasteiger partial charge in [-0.25, -0.2) is 4.79 Å². The number of amides is 3. The van der Waals surface area contributed by atoms with Crippen LogP contribution in [-0.2, 0) is 0 Å². The summed E-state index contributed by atoms with van der Waals surface area (Å²) in [5.74, 6) is 0.221. The van der Waals surface area contributed by atoms with Crippen molar-refractivity contribution in [3.8, 4) is 0 Å². The predicted molar refractivity (Wildman–Crippen MR) is 84.7 cm³/mol. The summed E-state index contributed by atoms with van der Waals surface area (Å²) in [6, 6.07) is 3.49. The van der Waals surface area contributed by atoms with E-state index < -0.39 is 0 Å². The molecule has 22 heavy (non-hydrogen) atoms. The first-order chi connectivity index (χ1) is 10.6. The number of rotatable bonds is 1. The second-order valence-electron chi connectivity index (χ2n) is 5.71. The number of halogens is 1. The number of carbonyl (C=O) groups excluding carboxylic acids is 2. The SMILES string of the molecule is O=C(c1ccc(Br)o1)N1CCN(C(=O)N2CCCCC2)CC1. The van der Waals surface area contributed by atoms with Gasteiger partial charge in [-0.05, 0) is 47.3 Å². The molecule has 0 N–H and O–H groups in total. The highest BCUT2D eigenvalue weighted by Gasteiger charge is 2.29. The van der Waals surface area contributed by atoms with E-state index in [0.29, 0.717) is 36.6 Å². The van der Waals surface area contributed by atoms with E-state index in [9.17, 15) is 9.59 Å². The van der Waals surface area contributed by atoms with E-state index in [4.69, 9.17) is 4.42 Å². The lowest BCUT2D eigenvalue weighted by Gasteiger charge is -2.38. The van der Waals surface area contributed by atoms with Crippen LogP contribution in [0.15, 0.2) is 21.2 Å². The molecule has 2 aliphatic rings. The summed E-state index contributed by atoms with van der Waals surface area (Å²) in [7, 11) is 0. The maximum Gasteiger partial charge on any atom is 0.320 e. The average Bonchev–Trinajstić information content (AvgIpc) is 3.01. The molecule has 0 bridgehead atoms. The largest absolute Gasteiger partial charge is 0.444 e. The van der Waals surface area contributed by atoms with Gasteiger partial charge in [0.1, 0.15) is 0 Å². The van der Waals surface area contributed by atoms with E-state index in [1.54, 1.807) is 17.0 Å². The highest BCUT2D eigenvalue weighted by Crippen LogP contribution is 2.17. The van der Waals surface area contributed by atoms with Crippen molar-refractivity contribution in [3.63, 3.8) is 0 Å². The Bertz CT molecular complexity index is 546. The molecule has 0 unspecified atom stereocenters. The maximum absolute atomic E-state index is 12.4. The van der Waals surface area contributed by atoms with Crippen LogP contribution < -0.4 is 0 Å². The highest BCUT2D eigenvalue weighted by molar-refractivity contribution is 9.10. The molecule has 0 saturated carbocycles. The lowest BCUT2D eigenvalue weighted by Crippen LogP contribution is -2.54. The molecule has 0 aromatic carbocycles. The van der Waals surface area contributed by atoms with Crippen molar-refractivity contribution in [2.45, 2.75) is 19.3 Å². The molecule has 0 radical (unpaired) electrons. The summed E-state index contributed by atoms with van der Waals surface area (Å²) < 4.78 is 5.86. The number of carbonyl (C=O) groups is 2. The topological polar surface area (TPSA) is 57.0 Å². The number of nitrogens with zero attached hydrogens (tertiary/aromatic N) is 3. The molecule has 3 heterocycles. The Kier molecular flexibility index (Phi) is 4.71. The van der Waals surface area contributed by atoms with Gasteiger partial charge in [-0.2, -0.15) is 0 Å². The zero-order valence-corrected chi connectivity index (χ0v) is 14.0. The van der Waals surface area contributed by atoms with E-state index >= 15 is 0 Å². The van der Waals surface area contributed by atoms with Gasteiger partial charge in [0, 0.05) is 39.3 Å². The predicted octanol–water partition coefficient (Wildman–Crippen LogP) is 2.41. The van der Waals surface area contributed by atoms with E-state index in [1.807, 2.05) is 9.80 Å². The van der Waals surface area contributed by atoms with Crippen LogP contribution in [0.2, 0.25) is 0 Å². The number of hydrogen-bond acceptors (Lipinski definition) is 3. The van der Waals surface area contributed by atoms with Gasteiger partial charge in [0.15, 0.2) is 10.4 Å². The van der Waals surface area contributed by atoms with Gasteiger partial charge in [-0.15, -0.1) is 0 Å². The third-order valence-electron chi connectivity index (χ3n) is 4.25. The standard InChI is InChI=1S/C15H20BrN3O3/c16-13-5-4-12(22-13)14(20)17-8-10-19(11-9-17)15(21)18-6-2-1-3-7-18/h4-5H,1-3,6-11H2. The summed E-state index contributed by atoms with van der Waals surface area (Å²) in [4.78, 5) is 30.2. The van der Waals surface area contributed by atoms with Crippen molar-refractivity contribution in [2.75, 3.05) is 39.3 Å². The van der Waals surface area contributed by atoms with Gasteiger partial charge in [0.2, 0.25) is 0 Å². The molecule has 6 nitrogen and oxygen atoms in total. The number of hydrogen-bond donors (Lipinski definition) is 0.